The first-order chi connectivity index (χ1) is 8.38. The smallest absolute Gasteiger partial charge is 0.146 e. The highest BCUT2D eigenvalue weighted by atomic mass is 16.7. The second-order valence-corrected chi connectivity index (χ2v) is 7.77. The molecule has 0 N–H and O–H groups in total. The van der Waals surface area contributed by atoms with E-state index in [0.29, 0.717) is 6.79 Å². The van der Waals surface area contributed by atoms with Crippen molar-refractivity contribution in [3.05, 3.63) is 0 Å². The minimum Gasteiger partial charge on any atom is -0.355 e. The standard InChI is InChI=1S/C16H30O2/c1-11-12(2)15-7-13(11)6-14(15)8-17-10-18-9-16(3,4)5/h11-15H,6-10H2,1-5H3. The fourth-order valence-corrected chi connectivity index (χ4v) is 3.89. The summed E-state index contributed by atoms with van der Waals surface area (Å²) in [5.41, 5.74) is 0.236. The summed E-state index contributed by atoms with van der Waals surface area (Å²) in [7, 11) is 0. The van der Waals surface area contributed by atoms with Crippen molar-refractivity contribution in [3.63, 3.8) is 0 Å². The molecule has 2 nitrogen and oxygen atoms in total. The molecule has 106 valence electrons. The first-order valence-corrected chi connectivity index (χ1v) is 7.54. The summed E-state index contributed by atoms with van der Waals surface area (Å²) in [5, 5.41) is 0. The molecule has 2 rings (SSSR count). The molecule has 2 saturated carbocycles. The van der Waals surface area contributed by atoms with Gasteiger partial charge in [0.1, 0.15) is 6.79 Å². The van der Waals surface area contributed by atoms with E-state index in [4.69, 9.17) is 9.47 Å². The Morgan fingerprint density at radius 1 is 1.00 bits per heavy atom. The van der Waals surface area contributed by atoms with Crippen molar-refractivity contribution in [1.29, 1.82) is 0 Å². The van der Waals surface area contributed by atoms with Gasteiger partial charge in [-0.25, -0.2) is 0 Å². The van der Waals surface area contributed by atoms with Gasteiger partial charge in [-0.2, -0.15) is 0 Å². The molecule has 0 heterocycles. The number of hydrogen-bond acceptors (Lipinski definition) is 2. The van der Waals surface area contributed by atoms with Crippen LogP contribution in [-0.4, -0.2) is 20.0 Å². The van der Waals surface area contributed by atoms with Gasteiger partial charge in [0.15, 0.2) is 0 Å². The summed E-state index contributed by atoms with van der Waals surface area (Å²) in [6.07, 6.45) is 2.83. The lowest BCUT2D eigenvalue weighted by atomic mass is 9.76. The Kier molecular flexibility index (Phi) is 4.38. The van der Waals surface area contributed by atoms with Crippen LogP contribution in [0.3, 0.4) is 0 Å². The van der Waals surface area contributed by atoms with Crippen molar-refractivity contribution in [2.24, 2.45) is 35.0 Å². The molecule has 2 heteroatoms. The maximum Gasteiger partial charge on any atom is 0.146 e. The quantitative estimate of drug-likeness (QED) is 0.546. The van der Waals surface area contributed by atoms with Crippen LogP contribution in [0.15, 0.2) is 0 Å². The molecular formula is C16H30O2. The van der Waals surface area contributed by atoms with E-state index in [9.17, 15) is 0 Å². The largest absolute Gasteiger partial charge is 0.355 e. The van der Waals surface area contributed by atoms with Crippen LogP contribution in [0.25, 0.3) is 0 Å². The van der Waals surface area contributed by atoms with Crippen LogP contribution in [0.4, 0.5) is 0 Å². The fraction of sp³-hybridized carbons (Fsp3) is 1.00. The monoisotopic (exact) mass is 254 g/mol. The number of hydrogen-bond donors (Lipinski definition) is 0. The molecule has 18 heavy (non-hydrogen) atoms. The van der Waals surface area contributed by atoms with Gasteiger partial charge in [-0.05, 0) is 47.8 Å². The van der Waals surface area contributed by atoms with E-state index in [0.717, 1.165) is 42.8 Å². The van der Waals surface area contributed by atoms with Gasteiger partial charge in [-0.3, -0.25) is 0 Å². The molecule has 5 unspecified atom stereocenters. The lowest BCUT2D eigenvalue weighted by molar-refractivity contribution is -0.0893. The highest BCUT2D eigenvalue weighted by Gasteiger charge is 2.48. The topological polar surface area (TPSA) is 18.5 Å². The van der Waals surface area contributed by atoms with Gasteiger partial charge < -0.3 is 9.47 Å². The first-order valence-electron chi connectivity index (χ1n) is 7.54. The van der Waals surface area contributed by atoms with Crippen LogP contribution in [0.5, 0.6) is 0 Å². The Morgan fingerprint density at radius 2 is 1.72 bits per heavy atom. The van der Waals surface area contributed by atoms with E-state index in [1.54, 1.807) is 0 Å². The lowest BCUT2D eigenvalue weighted by Crippen LogP contribution is -2.27. The number of fused-ring (bicyclic) bond motifs is 2. The van der Waals surface area contributed by atoms with Gasteiger partial charge in [0, 0.05) is 0 Å². The zero-order valence-electron chi connectivity index (χ0n) is 12.7. The molecular weight excluding hydrogens is 224 g/mol. The second-order valence-electron chi connectivity index (χ2n) is 7.77. The van der Waals surface area contributed by atoms with Gasteiger partial charge in [-0.15, -0.1) is 0 Å². The van der Waals surface area contributed by atoms with Crippen molar-refractivity contribution in [2.45, 2.75) is 47.5 Å². The van der Waals surface area contributed by atoms with E-state index in [1.165, 1.54) is 12.8 Å². The van der Waals surface area contributed by atoms with Crippen molar-refractivity contribution in [1.82, 2.24) is 0 Å². The molecule has 2 fully saturated rings. The van der Waals surface area contributed by atoms with Crippen molar-refractivity contribution < 1.29 is 9.47 Å². The predicted octanol–water partition coefficient (Wildman–Crippen LogP) is 3.95. The van der Waals surface area contributed by atoms with Crippen LogP contribution in [-0.2, 0) is 9.47 Å². The fourth-order valence-electron chi connectivity index (χ4n) is 3.89. The summed E-state index contributed by atoms with van der Waals surface area (Å²) < 4.78 is 11.3. The van der Waals surface area contributed by atoms with Crippen molar-refractivity contribution in [2.75, 3.05) is 20.0 Å². The lowest BCUT2D eigenvalue weighted by Gasteiger charge is -2.31. The highest BCUT2D eigenvalue weighted by Crippen LogP contribution is 2.54. The van der Waals surface area contributed by atoms with Crippen LogP contribution >= 0.6 is 0 Å². The Labute approximate surface area is 112 Å². The predicted molar refractivity (Wildman–Crippen MR) is 74.3 cm³/mol. The molecule has 0 amide bonds. The maximum absolute atomic E-state index is 5.73. The summed E-state index contributed by atoms with van der Waals surface area (Å²) in [6, 6.07) is 0. The minimum atomic E-state index is 0.236. The van der Waals surface area contributed by atoms with Gasteiger partial charge in [0.05, 0.1) is 13.2 Å². The van der Waals surface area contributed by atoms with Crippen LogP contribution in [0.1, 0.15) is 47.5 Å². The third-order valence-corrected chi connectivity index (χ3v) is 5.07. The van der Waals surface area contributed by atoms with Crippen molar-refractivity contribution in [3.8, 4) is 0 Å². The van der Waals surface area contributed by atoms with Gasteiger partial charge in [-0.1, -0.05) is 34.6 Å². The molecule has 0 aromatic carbocycles. The van der Waals surface area contributed by atoms with E-state index < -0.39 is 0 Å². The average Bonchev–Trinajstić information content (AvgIpc) is 2.78. The van der Waals surface area contributed by atoms with Crippen LogP contribution < -0.4 is 0 Å². The molecule has 0 aromatic rings. The summed E-state index contributed by atoms with van der Waals surface area (Å²) in [4.78, 5) is 0. The van der Waals surface area contributed by atoms with Crippen LogP contribution in [0, 0.1) is 35.0 Å². The number of ether oxygens (including phenoxy) is 2. The average molecular weight is 254 g/mol. The van der Waals surface area contributed by atoms with E-state index >= 15 is 0 Å². The minimum absolute atomic E-state index is 0.236. The molecule has 0 radical (unpaired) electrons. The van der Waals surface area contributed by atoms with Crippen molar-refractivity contribution >= 4 is 0 Å². The van der Waals surface area contributed by atoms with E-state index in [-0.39, 0.29) is 5.41 Å². The Hall–Kier alpha value is -0.0800. The maximum atomic E-state index is 5.73. The third kappa shape index (κ3) is 3.27. The molecule has 0 saturated heterocycles. The summed E-state index contributed by atoms with van der Waals surface area (Å²) in [5.74, 6) is 4.50. The number of rotatable bonds is 5. The van der Waals surface area contributed by atoms with E-state index in [2.05, 4.69) is 34.6 Å². The molecule has 2 aliphatic rings. The van der Waals surface area contributed by atoms with Crippen LogP contribution in [0.2, 0.25) is 0 Å². The molecule has 2 aliphatic carbocycles. The molecule has 0 aliphatic heterocycles. The highest BCUT2D eigenvalue weighted by molar-refractivity contribution is 4.97. The second kappa shape index (κ2) is 5.50. The van der Waals surface area contributed by atoms with Gasteiger partial charge in [0.2, 0.25) is 0 Å². The van der Waals surface area contributed by atoms with Gasteiger partial charge in [0.25, 0.3) is 0 Å². The Bertz CT molecular complexity index is 267. The molecule has 2 bridgehead atoms. The molecule has 0 spiro atoms. The Balaban J connectivity index is 1.62. The normalized spacial score (nSPS) is 39.5. The van der Waals surface area contributed by atoms with E-state index in [1.807, 2.05) is 0 Å². The first kappa shape index (κ1) is 14.3. The molecule has 0 aromatic heterocycles. The summed E-state index contributed by atoms with van der Waals surface area (Å²) >= 11 is 0. The summed E-state index contributed by atoms with van der Waals surface area (Å²) in [6.45, 7) is 13.6. The zero-order valence-corrected chi connectivity index (χ0v) is 12.7. The third-order valence-electron chi connectivity index (χ3n) is 5.07. The Morgan fingerprint density at radius 3 is 2.28 bits per heavy atom. The zero-order chi connectivity index (χ0) is 13.3. The molecule has 5 atom stereocenters. The SMILES string of the molecule is CC1C2CC(COCOCC(C)(C)C)C(C2)C1C. The van der Waals surface area contributed by atoms with Gasteiger partial charge >= 0.3 is 0 Å².